The van der Waals surface area contributed by atoms with E-state index in [1.807, 2.05) is 25.1 Å². The molecule has 1 aliphatic rings. The fourth-order valence-electron chi connectivity index (χ4n) is 4.41. The highest BCUT2D eigenvalue weighted by Crippen LogP contribution is 2.35. The van der Waals surface area contributed by atoms with Crippen LogP contribution in [0, 0.1) is 5.41 Å². The van der Waals surface area contributed by atoms with Crippen molar-refractivity contribution in [1.82, 2.24) is 4.98 Å². The molecule has 0 bridgehead atoms. The number of benzene rings is 2. The Labute approximate surface area is 217 Å². The Kier molecular flexibility index (Phi) is 7.43. The molecule has 1 aromatic heterocycles. The van der Waals surface area contributed by atoms with Crippen molar-refractivity contribution in [3.8, 4) is 17.2 Å². The highest BCUT2D eigenvalue weighted by Gasteiger charge is 2.22. The fraction of sp³-hybridized carbons (Fsp3) is 0.333. The molecule has 0 radical (unpaired) electrons. The standard InChI is InChI=1S/C30H33N3O4/c1-6-20-11-18(12-21(34)13-19-14-28(33-17-19)30(2,3)4)7-8-25(20)37-26-9-10-32-24-16-27(36-5)23(29(31)35)15-22(24)26/h7-11,14-16H,6,12-13,17H2,1-5H3,(H2,31,35). The molecule has 0 saturated heterocycles. The zero-order chi connectivity index (χ0) is 26.7. The van der Waals surface area contributed by atoms with Gasteiger partial charge >= 0.3 is 0 Å². The zero-order valence-corrected chi connectivity index (χ0v) is 22.1. The third kappa shape index (κ3) is 5.88. The van der Waals surface area contributed by atoms with Crippen LogP contribution >= 0.6 is 0 Å². The van der Waals surface area contributed by atoms with E-state index in [0.717, 1.165) is 28.8 Å². The number of Topliss-reactive ketones (excluding diaryl/α,β-unsaturated/α-hetero) is 1. The number of methoxy groups -OCH3 is 1. The van der Waals surface area contributed by atoms with Crippen molar-refractivity contribution in [1.29, 1.82) is 0 Å². The maximum Gasteiger partial charge on any atom is 0.252 e. The van der Waals surface area contributed by atoms with Gasteiger partial charge in [0, 0.05) is 41.6 Å². The number of amides is 1. The number of carbonyl (C=O) groups is 2. The van der Waals surface area contributed by atoms with Crippen LogP contribution < -0.4 is 15.2 Å². The van der Waals surface area contributed by atoms with Gasteiger partial charge in [0.1, 0.15) is 23.0 Å². The van der Waals surface area contributed by atoms with Crippen LogP contribution in [0.5, 0.6) is 17.2 Å². The van der Waals surface area contributed by atoms with Gasteiger partial charge in [-0.3, -0.25) is 19.6 Å². The molecule has 0 fully saturated rings. The summed E-state index contributed by atoms with van der Waals surface area (Å²) in [5.41, 5.74) is 10.5. The molecule has 0 atom stereocenters. The number of pyridine rings is 1. The molecule has 192 valence electrons. The van der Waals surface area contributed by atoms with Gasteiger partial charge in [0.05, 0.1) is 24.7 Å². The number of aryl methyl sites for hydroxylation is 1. The molecule has 2 heterocycles. The minimum Gasteiger partial charge on any atom is -0.496 e. The van der Waals surface area contributed by atoms with E-state index >= 15 is 0 Å². The summed E-state index contributed by atoms with van der Waals surface area (Å²) >= 11 is 0. The summed E-state index contributed by atoms with van der Waals surface area (Å²) in [5.74, 6) is 1.18. The smallest absolute Gasteiger partial charge is 0.252 e. The van der Waals surface area contributed by atoms with E-state index in [4.69, 9.17) is 15.2 Å². The molecular weight excluding hydrogens is 466 g/mol. The van der Waals surface area contributed by atoms with Crippen LogP contribution in [0.25, 0.3) is 10.9 Å². The molecule has 0 saturated carbocycles. The maximum atomic E-state index is 12.8. The molecule has 1 amide bonds. The van der Waals surface area contributed by atoms with Crippen LogP contribution in [-0.4, -0.2) is 36.0 Å². The predicted octanol–water partition coefficient (Wildman–Crippen LogP) is 5.63. The Balaban J connectivity index is 1.53. The number of carbonyl (C=O) groups excluding carboxylic acids is 2. The van der Waals surface area contributed by atoms with E-state index in [-0.39, 0.29) is 16.8 Å². The number of ketones is 1. The van der Waals surface area contributed by atoms with Crippen LogP contribution in [0.4, 0.5) is 0 Å². The molecule has 4 rings (SSSR count). The first kappa shape index (κ1) is 26.1. The first-order valence-corrected chi connectivity index (χ1v) is 12.4. The van der Waals surface area contributed by atoms with E-state index in [1.165, 1.54) is 7.11 Å². The normalized spacial score (nSPS) is 13.3. The fourth-order valence-corrected chi connectivity index (χ4v) is 4.41. The second kappa shape index (κ2) is 10.5. The summed E-state index contributed by atoms with van der Waals surface area (Å²) in [6.07, 6.45) is 5.22. The van der Waals surface area contributed by atoms with Gasteiger partial charge in [-0.05, 0) is 47.4 Å². The van der Waals surface area contributed by atoms with E-state index in [1.54, 1.807) is 24.4 Å². The second-order valence-electron chi connectivity index (χ2n) is 10.3. The van der Waals surface area contributed by atoms with Gasteiger partial charge in [-0.25, -0.2) is 0 Å². The second-order valence-corrected chi connectivity index (χ2v) is 10.3. The molecule has 3 aromatic rings. The molecule has 2 aromatic carbocycles. The summed E-state index contributed by atoms with van der Waals surface area (Å²) in [7, 11) is 1.48. The SMILES string of the molecule is CCc1cc(CC(=O)CC2=CC(C(C)(C)C)=NC2)ccc1Oc1ccnc2cc(OC)c(C(N)=O)cc12. The van der Waals surface area contributed by atoms with Crippen molar-refractivity contribution in [3.63, 3.8) is 0 Å². The number of nitrogens with two attached hydrogens (primary N) is 1. The summed E-state index contributed by atoms with van der Waals surface area (Å²) < 4.78 is 11.6. The van der Waals surface area contributed by atoms with Gasteiger partial charge < -0.3 is 15.2 Å². The van der Waals surface area contributed by atoms with Gasteiger partial charge in [0.25, 0.3) is 5.91 Å². The molecule has 2 N–H and O–H groups in total. The lowest BCUT2D eigenvalue weighted by Crippen LogP contribution is -2.16. The number of allylic oxidation sites excluding steroid dienone is 1. The Morgan fingerprint density at radius 3 is 2.46 bits per heavy atom. The van der Waals surface area contributed by atoms with Crippen molar-refractivity contribution >= 4 is 28.3 Å². The molecule has 1 aliphatic heterocycles. The van der Waals surface area contributed by atoms with Gasteiger partial charge in [0.15, 0.2) is 0 Å². The Bertz CT molecular complexity index is 1430. The summed E-state index contributed by atoms with van der Waals surface area (Å²) in [4.78, 5) is 33.7. The number of hydrogen-bond acceptors (Lipinski definition) is 6. The third-order valence-corrected chi connectivity index (χ3v) is 6.40. The van der Waals surface area contributed by atoms with Crippen LogP contribution in [0.15, 0.2) is 59.2 Å². The Morgan fingerprint density at radius 1 is 1.03 bits per heavy atom. The van der Waals surface area contributed by atoms with Crippen molar-refractivity contribution in [3.05, 3.63) is 70.9 Å². The number of ether oxygens (including phenoxy) is 2. The van der Waals surface area contributed by atoms with Crippen LogP contribution in [0.2, 0.25) is 0 Å². The number of primary amides is 1. The van der Waals surface area contributed by atoms with Crippen molar-refractivity contribution < 1.29 is 19.1 Å². The number of rotatable bonds is 9. The largest absolute Gasteiger partial charge is 0.496 e. The first-order valence-electron chi connectivity index (χ1n) is 12.4. The van der Waals surface area contributed by atoms with Crippen molar-refractivity contribution in [2.75, 3.05) is 13.7 Å². The number of fused-ring (bicyclic) bond motifs is 1. The number of aromatic nitrogens is 1. The lowest BCUT2D eigenvalue weighted by Gasteiger charge is -2.16. The average Bonchev–Trinajstić information content (AvgIpc) is 3.33. The van der Waals surface area contributed by atoms with E-state index < -0.39 is 5.91 Å². The van der Waals surface area contributed by atoms with E-state index in [9.17, 15) is 9.59 Å². The minimum atomic E-state index is -0.591. The summed E-state index contributed by atoms with van der Waals surface area (Å²) in [5, 5.41) is 0.653. The highest BCUT2D eigenvalue weighted by molar-refractivity contribution is 6.02. The monoisotopic (exact) mass is 499 g/mol. The van der Waals surface area contributed by atoms with Crippen LogP contribution in [0.3, 0.4) is 0 Å². The molecule has 37 heavy (non-hydrogen) atoms. The van der Waals surface area contributed by atoms with Gasteiger partial charge in [0.2, 0.25) is 0 Å². The predicted molar refractivity (Wildman–Crippen MR) is 146 cm³/mol. The Hall–Kier alpha value is -4.00. The van der Waals surface area contributed by atoms with Gasteiger partial charge in [-0.2, -0.15) is 0 Å². The highest BCUT2D eigenvalue weighted by atomic mass is 16.5. The summed E-state index contributed by atoms with van der Waals surface area (Å²) in [6.45, 7) is 9.04. The molecule has 7 heteroatoms. The quantitative estimate of drug-likeness (QED) is 0.411. The van der Waals surface area contributed by atoms with E-state index in [0.29, 0.717) is 47.5 Å². The van der Waals surface area contributed by atoms with Crippen molar-refractivity contribution in [2.24, 2.45) is 16.1 Å². The van der Waals surface area contributed by atoms with Gasteiger partial charge in [-0.15, -0.1) is 0 Å². The number of nitrogens with zero attached hydrogens (tertiary/aromatic N) is 2. The van der Waals surface area contributed by atoms with Gasteiger partial charge in [-0.1, -0.05) is 39.8 Å². The molecular formula is C30H33N3O4. The lowest BCUT2D eigenvalue weighted by atomic mass is 9.89. The lowest BCUT2D eigenvalue weighted by molar-refractivity contribution is -0.117. The van der Waals surface area contributed by atoms with Crippen molar-refractivity contribution in [2.45, 2.75) is 47.0 Å². The third-order valence-electron chi connectivity index (χ3n) is 6.40. The number of aliphatic imine (C=N–C) groups is 1. The molecule has 0 unspecified atom stereocenters. The first-order chi connectivity index (χ1) is 17.6. The topological polar surface area (TPSA) is 104 Å². The Morgan fingerprint density at radius 2 is 1.81 bits per heavy atom. The average molecular weight is 500 g/mol. The minimum absolute atomic E-state index is 0.00964. The van der Waals surface area contributed by atoms with Crippen LogP contribution in [0.1, 0.15) is 55.6 Å². The summed E-state index contributed by atoms with van der Waals surface area (Å²) in [6, 6.07) is 10.9. The maximum absolute atomic E-state index is 12.8. The van der Waals surface area contributed by atoms with E-state index in [2.05, 4.69) is 36.8 Å². The zero-order valence-electron chi connectivity index (χ0n) is 22.1. The molecule has 0 spiro atoms. The number of hydrogen-bond donors (Lipinski definition) is 1. The molecule has 0 aliphatic carbocycles. The molecule has 7 nitrogen and oxygen atoms in total. The van der Waals surface area contributed by atoms with Crippen LogP contribution in [-0.2, 0) is 17.6 Å².